The molecule has 0 saturated carbocycles. The molecule has 0 atom stereocenters. The predicted octanol–water partition coefficient (Wildman–Crippen LogP) is 1.79. The Morgan fingerprint density at radius 2 is 2.17 bits per heavy atom. The van der Waals surface area contributed by atoms with E-state index in [0.29, 0.717) is 36.8 Å². The molecular weight excluding hydrogens is 328 g/mol. The van der Waals surface area contributed by atoms with E-state index >= 15 is 0 Å². The smallest absolute Gasteiger partial charge is 0.260 e. The molecule has 0 unspecified atom stereocenters. The predicted molar refractivity (Wildman–Crippen MR) is 89.8 cm³/mol. The molecule has 126 valence electrons. The van der Waals surface area contributed by atoms with Crippen LogP contribution < -0.4 is 10.1 Å². The lowest BCUT2D eigenvalue weighted by atomic mass is 9.96. The van der Waals surface area contributed by atoms with Crippen LogP contribution in [0.5, 0.6) is 5.75 Å². The second-order valence-corrected chi connectivity index (χ2v) is 6.35. The first-order chi connectivity index (χ1) is 11.7. The fraction of sp³-hybridized carbons (Fsp3) is 0.375. The first-order valence-electron chi connectivity index (χ1n) is 7.73. The largest absolute Gasteiger partial charge is 0.482 e. The second-order valence-electron chi connectivity index (χ2n) is 5.46. The minimum atomic E-state index is -0.0859. The van der Waals surface area contributed by atoms with Gasteiger partial charge < -0.3 is 15.0 Å². The van der Waals surface area contributed by atoms with E-state index in [9.17, 15) is 9.59 Å². The molecule has 0 spiro atoms. The zero-order chi connectivity index (χ0) is 16.8. The number of hydrogen-bond acceptors (Lipinski definition) is 6. The van der Waals surface area contributed by atoms with Gasteiger partial charge in [0.15, 0.2) is 11.7 Å². The number of carbonyl (C=O) groups excluding carboxylic acids is 2. The van der Waals surface area contributed by atoms with Crippen LogP contribution >= 0.6 is 11.3 Å². The second kappa shape index (κ2) is 7.87. The van der Waals surface area contributed by atoms with Gasteiger partial charge in [0.05, 0.1) is 6.20 Å². The Balaban J connectivity index is 1.42. The summed E-state index contributed by atoms with van der Waals surface area (Å²) in [6, 6.07) is 3.52. The number of piperidine rings is 1. The molecule has 1 aliphatic rings. The molecule has 8 heteroatoms. The highest BCUT2D eigenvalue weighted by Gasteiger charge is 2.27. The summed E-state index contributed by atoms with van der Waals surface area (Å²) < 4.78 is 5.43. The normalized spacial score (nSPS) is 15.1. The summed E-state index contributed by atoms with van der Waals surface area (Å²) in [5, 5.41) is 5.25. The maximum Gasteiger partial charge on any atom is 0.260 e. The third-order valence-corrected chi connectivity index (χ3v) is 4.57. The van der Waals surface area contributed by atoms with Crippen molar-refractivity contribution in [2.45, 2.75) is 12.8 Å². The van der Waals surface area contributed by atoms with E-state index in [0.717, 1.165) is 0 Å². The van der Waals surface area contributed by atoms with Gasteiger partial charge in [-0.3, -0.25) is 14.6 Å². The minimum absolute atomic E-state index is 0.0122. The lowest BCUT2D eigenvalue weighted by molar-refractivity contribution is -0.136. The van der Waals surface area contributed by atoms with Gasteiger partial charge in [-0.2, -0.15) is 0 Å². The molecule has 1 aliphatic heterocycles. The van der Waals surface area contributed by atoms with Crippen LogP contribution in [0.4, 0.5) is 5.13 Å². The molecule has 1 fully saturated rings. The molecule has 2 aromatic heterocycles. The first-order valence-corrected chi connectivity index (χ1v) is 8.61. The van der Waals surface area contributed by atoms with Crippen LogP contribution in [0.1, 0.15) is 12.8 Å². The number of ether oxygens (including phenoxy) is 1. The van der Waals surface area contributed by atoms with Crippen molar-refractivity contribution in [2.24, 2.45) is 5.92 Å². The molecule has 7 nitrogen and oxygen atoms in total. The summed E-state index contributed by atoms with van der Waals surface area (Å²) in [5.74, 6) is 0.391. The molecule has 0 aromatic carbocycles. The zero-order valence-corrected chi connectivity index (χ0v) is 13.9. The Hall–Kier alpha value is -2.48. The quantitative estimate of drug-likeness (QED) is 0.892. The Kier molecular flexibility index (Phi) is 5.37. The van der Waals surface area contributed by atoms with Crippen molar-refractivity contribution in [1.29, 1.82) is 0 Å². The molecule has 0 aliphatic carbocycles. The average Bonchev–Trinajstić information content (AvgIpc) is 3.13. The third kappa shape index (κ3) is 4.29. The van der Waals surface area contributed by atoms with Crippen molar-refractivity contribution >= 4 is 28.3 Å². The monoisotopic (exact) mass is 346 g/mol. The van der Waals surface area contributed by atoms with Crippen LogP contribution in [0.25, 0.3) is 0 Å². The van der Waals surface area contributed by atoms with Crippen molar-refractivity contribution in [1.82, 2.24) is 14.9 Å². The highest BCUT2D eigenvalue weighted by Crippen LogP contribution is 2.20. The Bertz CT molecular complexity index is 670. The van der Waals surface area contributed by atoms with Gasteiger partial charge in [0, 0.05) is 36.8 Å². The minimum Gasteiger partial charge on any atom is -0.482 e. The summed E-state index contributed by atoms with van der Waals surface area (Å²) in [7, 11) is 0. The van der Waals surface area contributed by atoms with Gasteiger partial charge in [0.1, 0.15) is 5.75 Å². The summed E-state index contributed by atoms with van der Waals surface area (Å²) in [6.07, 6.45) is 6.17. The number of amides is 2. The third-order valence-electron chi connectivity index (χ3n) is 3.88. The number of aromatic nitrogens is 2. The maximum absolute atomic E-state index is 12.2. The molecule has 1 saturated heterocycles. The van der Waals surface area contributed by atoms with Gasteiger partial charge in [0.25, 0.3) is 5.91 Å². The number of rotatable bonds is 5. The molecule has 3 heterocycles. The molecule has 3 rings (SSSR count). The van der Waals surface area contributed by atoms with Crippen LogP contribution in [-0.2, 0) is 9.59 Å². The summed E-state index contributed by atoms with van der Waals surface area (Å²) in [5.41, 5.74) is 0. The number of carbonyl (C=O) groups is 2. The number of likely N-dealkylation sites (tertiary alicyclic amines) is 1. The summed E-state index contributed by atoms with van der Waals surface area (Å²) >= 11 is 1.40. The number of thiazole rings is 1. The van der Waals surface area contributed by atoms with Gasteiger partial charge in [-0.05, 0) is 25.0 Å². The van der Waals surface area contributed by atoms with E-state index < -0.39 is 0 Å². The molecule has 2 amide bonds. The van der Waals surface area contributed by atoms with E-state index in [1.807, 2.05) is 5.38 Å². The van der Waals surface area contributed by atoms with E-state index in [1.54, 1.807) is 35.6 Å². The molecular formula is C16H18N4O3S. The highest BCUT2D eigenvalue weighted by molar-refractivity contribution is 7.13. The lowest BCUT2D eigenvalue weighted by Gasteiger charge is -2.31. The van der Waals surface area contributed by atoms with E-state index in [-0.39, 0.29) is 24.3 Å². The van der Waals surface area contributed by atoms with Gasteiger partial charge >= 0.3 is 0 Å². The van der Waals surface area contributed by atoms with Crippen molar-refractivity contribution in [3.8, 4) is 5.75 Å². The highest BCUT2D eigenvalue weighted by atomic mass is 32.1. The number of pyridine rings is 1. The van der Waals surface area contributed by atoms with Crippen LogP contribution in [0, 0.1) is 5.92 Å². The maximum atomic E-state index is 12.2. The van der Waals surface area contributed by atoms with Gasteiger partial charge in [0.2, 0.25) is 5.91 Å². The van der Waals surface area contributed by atoms with E-state index in [4.69, 9.17) is 4.74 Å². The average molecular weight is 346 g/mol. The first kappa shape index (κ1) is 16.4. The lowest BCUT2D eigenvalue weighted by Crippen LogP contribution is -2.43. The summed E-state index contributed by atoms with van der Waals surface area (Å²) in [4.78, 5) is 34.1. The zero-order valence-electron chi connectivity index (χ0n) is 13.1. The summed E-state index contributed by atoms with van der Waals surface area (Å²) in [6.45, 7) is 1.11. The topological polar surface area (TPSA) is 84.4 Å². The molecule has 1 N–H and O–H groups in total. The van der Waals surface area contributed by atoms with Crippen molar-refractivity contribution < 1.29 is 14.3 Å². The number of nitrogens with zero attached hydrogens (tertiary/aromatic N) is 3. The number of anilines is 1. The fourth-order valence-electron chi connectivity index (χ4n) is 2.55. The number of nitrogens with one attached hydrogen (secondary N) is 1. The van der Waals surface area contributed by atoms with Gasteiger partial charge in [-0.15, -0.1) is 11.3 Å². The van der Waals surface area contributed by atoms with Crippen molar-refractivity contribution in [3.63, 3.8) is 0 Å². The fourth-order valence-corrected chi connectivity index (χ4v) is 3.08. The van der Waals surface area contributed by atoms with Crippen molar-refractivity contribution in [3.05, 3.63) is 36.1 Å². The standard InChI is InChI=1S/C16H18N4O3S/c21-14(11-23-13-2-1-5-17-10-13)20-7-3-12(4-8-20)15(22)19-16-18-6-9-24-16/h1-2,5-6,9-10,12H,3-4,7-8,11H2,(H,18,19,22). The Morgan fingerprint density at radius 3 is 2.83 bits per heavy atom. The van der Waals surface area contributed by atoms with Crippen LogP contribution in [0.15, 0.2) is 36.1 Å². The SMILES string of the molecule is O=C(Nc1nccs1)C1CCN(C(=O)COc2cccnc2)CC1. The van der Waals surface area contributed by atoms with E-state index in [2.05, 4.69) is 15.3 Å². The van der Waals surface area contributed by atoms with Crippen molar-refractivity contribution in [2.75, 3.05) is 25.0 Å². The molecule has 0 radical (unpaired) electrons. The molecule has 2 aromatic rings. The van der Waals surface area contributed by atoms with E-state index in [1.165, 1.54) is 11.3 Å². The van der Waals surface area contributed by atoms with Crippen LogP contribution in [0.2, 0.25) is 0 Å². The van der Waals surface area contributed by atoms with Crippen LogP contribution in [-0.4, -0.2) is 46.4 Å². The molecule has 0 bridgehead atoms. The Labute approximate surface area is 143 Å². The van der Waals surface area contributed by atoms with Gasteiger partial charge in [-0.1, -0.05) is 0 Å². The Morgan fingerprint density at radius 1 is 1.33 bits per heavy atom. The van der Waals surface area contributed by atoms with Gasteiger partial charge in [-0.25, -0.2) is 4.98 Å². The molecule has 24 heavy (non-hydrogen) atoms. The number of hydrogen-bond donors (Lipinski definition) is 1. The van der Waals surface area contributed by atoms with Crippen LogP contribution in [0.3, 0.4) is 0 Å².